The number of aromatic hydroxyl groups is 1. The summed E-state index contributed by atoms with van der Waals surface area (Å²) in [7, 11) is 0. The summed E-state index contributed by atoms with van der Waals surface area (Å²) < 4.78 is 2.42. The van der Waals surface area contributed by atoms with E-state index in [4.69, 9.17) is 9.97 Å². The Morgan fingerprint density at radius 1 is 0.667 bits per heavy atom. The van der Waals surface area contributed by atoms with E-state index in [1.165, 1.54) is 33.4 Å². The summed E-state index contributed by atoms with van der Waals surface area (Å²) in [5.41, 5.74) is 16.3. The third kappa shape index (κ3) is 6.49. The van der Waals surface area contributed by atoms with E-state index in [0.717, 1.165) is 61.5 Å². The van der Waals surface area contributed by atoms with E-state index in [0.29, 0.717) is 0 Å². The maximum Gasteiger partial charge on any atom is 0.144 e. The summed E-state index contributed by atoms with van der Waals surface area (Å²) >= 11 is 0. The standard InChI is InChI=1S/C52H54N3O.Pt/c1-31-17-15-18-32(2)44(31)33-23-26-42(53-30-33)35-27-34(28-36(29-35)49(3,4)5)37-24-25-39(38-19-13-14-20-40(38)50(6,7)8)47-46(37)54-48-45-41(21-16-22-43(45)56)51(9,10)52(11,12)55(47)48;/h13-26,28-30,56H,1-12H3;/q-1;. The number of pyridine rings is 1. The van der Waals surface area contributed by atoms with Gasteiger partial charge in [-0.25, -0.2) is 4.98 Å². The molecular formula is C52H54N3OPt-. The predicted octanol–water partition coefficient (Wildman–Crippen LogP) is 13.5. The number of fused-ring (bicyclic) bond motifs is 5. The van der Waals surface area contributed by atoms with Crippen LogP contribution < -0.4 is 0 Å². The van der Waals surface area contributed by atoms with Crippen LogP contribution >= 0.6 is 0 Å². The summed E-state index contributed by atoms with van der Waals surface area (Å²) in [6.45, 7) is 27.1. The number of phenols is 1. The van der Waals surface area contributed by atoms with Crippen molar-refractivity contribution in [3.63, 3.8) is 0 Å². The molecule has 0 unspecified atom stereocenters. The molecule has 5 heteroatoms. The first-order chi connectivity index (χ1) is 26.3. The number of aryl methyl sites for hydroxylation is 2. The Hall–Kier alpha value is -4.79. The molecule has 0 bridgehead atoms. The van der Waals surface area contributed by atoms with Gasteiger partial charge in [-0.2, -0.15) is 0 Å². The second-order valence-corrected chi connectivity index (χ2v) is 19.0. The molecule has 0 amide bonds. The van der Waals surface area contributed by atoms with Crippen molar-refractivity contribution in [1.29, 1.82) is 0 Å². The Labute approximate surface area is 353 Å². The molecule has 5 aromatic carbocycles. The van der Waals surface area contributed by atoms with Crippen LogP contribution in [0.25, 0.3) is 67.1 Å². The normalized spacial score (nSPS) is 14.5. The van der Waals surface area contributed by atoms with Crippen LogP contribution in [-0.2, 0) is 42.8 Å². The fourth-order valence-corrected chi connectivity index (χ4v) is 8.86. The summed E-state index contributed by atoms with van der Waals surface area (Å²) in [5.74, 6) is 1.04. The second-order valence-electron chi connectivity index (χ2n) is 19.0. The molecule has 0 spiro atoms. The SMILES string of the molecule is Cc1cccc(C)c1-c1ccc(-c2[c-]c(-c3ccc(-c4ccccc4C(C)(C)C)c4c3nc3n4C(C)(C)C(C)(C)c4cccc(O)c4-3)cc(C(C)(C)C)c2)nc1.[Pt]. The molecule has 0 aliphatic carbocycles. The molecule has 0 saturated carbocycles. The number of phenolic OH excluding ortho intramolecular Hbond substituents is 1. The minimum Gasteiger partial charge on any atom is -0.507 e. The zero-order chi connectivity index (χ0) is 40.1. The topological polar surface area (TPSA) is 50.9 Å². The first kappa shape index (κ1) is 40.4. The van der Waals surface area contributed by atoms with Gasteiger partial charge in [0.15, 0.2) is 0 Å². The second kappa shape index (κ2) is 13.9. The fourth-order valence-electron chi connectivity index (χ4n) is 8.86. The molecule has 2 aromatic heterocycles. The number of aromatic nitrogens is 3. The Morgan fingerprint density at radius 3 is 1.96 bits per heavy atom. The molecule has 8 rings (SSSR count). The molecule has 3 heterocycles. The van der Waals surface area contributed by atoms with E-state index < -0.39 is 5.54 Å². The van der Waals surface area contributed by atoms with Gasteiger partial charge in [-0.3, -0.25) is 4.98 Å². The number of imidazole rings is 1. The quantitative estimate of drug-likeness (QED) is 0.179. The van der Waals surface area contributed by atoms with Gasteiger partial charge < -0.3 is 9.67 Å². The molecular weight excluding hydrogens is 878 g/mol. The van der Waals surface area contributed by atoms with E-state index in [1.54, 1.807) is 6.07 Å². The van der Waals surface area contributed by atoms with E-state index >= 15 is 0 Å². The van der Waals surface area contributed by atoms with E-state index in [9.17, 15) is 5.11 Å². The molecule has 0 saturated heterocycles. The smallest absolute Gasteiger partial charge is 0.144 e. The molecule has 1 aliphatic heterocycles. The van der Waals surface area contributed by atoms with Crippen molar-refractivity contribution in [3.8, 4) is 61.8 Å². The van der Waals surface area contributed by atoms with Gasteiger partial charge in [-0.05, 0) is 83.5 Å². The Bertz CT molecular complexity index is 2660. The number of hydrogen-bond donors (Lipinski definition) is 1. The van der Waals surface area contributed by atoms with Crippen LogP contribution in [-0.4, -0.2) is 19.6 Å². The van der Waals surface area contributed by atoms with E-state index in [2.05, 4.69) is 179 Å². The maximum absolute atomic E-state index is 11.6. The number of benzene rings is 5. The first-order valence-electron chi connectivity index (χ1n) is 19.9. The summed E-state index contributed by atoms with van der Waals surface area (Å²) in [4.78, 5) is 10.7. The van der Waals surface area contributed by atoms with Gasteiger partial charge >= 0.3 is 0 Å². The minimum absolute atomic E-state index is 0. The van der Waals surface area contributed by atoms with Gasteiger partial charge in [0.2, 0.25) is 0 Å². The van der Waals surface area contributed by atoms with Crippen LogP contribution in [0.1, 0.15) is 97.1 Å². The van der Waals surface area contributed by atoms with Gasteiger partial charge in [-0.15, -0.1) is 29.3 Å². The average Bonchev–Trinajstić information content (AvgIpc) is 3.55. The van der Waals surface area contributed by atoms with Crippen LogP contribution in [0.4, 0.5) is 0 Å². The van der Waals surface area contributed by atoms with Crippen LogP contribution in [0.2, 0.25) is 0 Å². The average molecular weight is 932 g/mol. The summed E-state index contributed by atoms with van der Waals surface area (Å²) in [6, 6.07) is 38.3. The summed E-state index contributed by atoms with van der Waals surface area (Å²) in [5, 5.41) is 11.6. The summed E-state index contributed by atoms with van der Waals surface area (Å²) in [6.07, 6.45) is 2.00. The van der Waals surface area contributed by atoms with Crippen LogP contribution in [0.15, 0.2) is 103 Å². The third-order valence-electron chi connectivity index (χ3n) is 12.7. The Kier molecular flexibility index (Phi) is 9.89. The van der Waals surface area contributed by atoms with Crippen molar-refractivity contribution in [3.05, 3.63) is 137 Å². The van der Waals surface area contributed by atoms with Gasteiger partial charge in [0, 0.05) is 43.9 Å². The van der Waals surface area contributed by atoms with E-state index in [-0.39, 0.29) is 43.1 Å². The third-order valence-corrected chi connectivity index (χ3v) is 12.7. The molecule has 57 heavy (non-hydrogen) atoms. The van der Waals surface area contributed by atoms with Crippen molar-refractivity contribution < 1.29 is 26.2 Å². The van der Waals surface area contributed by atoms with Gasteiger partial charge in [0.05, 0.1) is 22.1 Å². The molecule has 0 atom stereocenters. The van der Waals surface area contributed by atoms with E-state index in [1.807, 2.05) is 12.3 Å². The predicted molar refractivity (Wildman–Crippen MR) is 234 cm³/mol. The van der Waals surface area contributed by atoms with Gasteiger partial charge in [-0.1, -0.05) is 145 Å². The molecule has 1 aliphatic rings. The minimum atomic E-state index is -0.412. The monoisotopic (exact) mass is 931 g/mol. The van der Waals surface area contributed by atoms with Gasteiger partial charge in [0.1, 0.15) is 11.6 Å². The van der Waals surface area contributed by atoms with Crippen molar-refractivity contribution >= 4 is 11.0 Å². The fraction of sp³-hybridized carbons (Fsp3) is 0.308. The number of nitrogens with zero attached hydrogens (tertiary/aromatic N) is 3. The molecule has 4 nitrogen and oxygen atoms in total. The van der Waals surface area contributed by atoms with Crippen LogP contribution in [0, 0.1) is 19.9 Å². The number of hydrogen-bond acceptors (Lipinski definition) is 3. The van der Waals surface area contributed by atoms with Gasteiger partial charge in [0.25, 0.3) is 0 Å². The zero-order valence-corrected chi connectivity index (χ0v) is 37.7. The Balaban J connectivity index is 0.00000496. The maximum atomic E-state index is 11.6. The molecule has 1 N–H and O–H groups in total. The van der Waals surface area contributed by atoms with Crippen molar-refractivity contribution in [2.24, 2.45) is 0 Å². The zero-order valence-electron chi connectivity index (χ0n) is 35.4. The van der Waals surface area contributed by atoms with Crippen molar-refractivity contribution in [2.45, 2.75) is 105 Å². The Morgan fingerprint density at radius 2 is 1.32 bits per heavy atom. The van der Waals surface area contributed by atoms with Crippen LogP contribution in [0.3, 0.4) is 0 Å². The van der Waals surface area contributed by atoms with Crippen molar-refractivity contribution in [1.82, 2.24) is 14.5 Å². The molecule has 7 aromatic rings. The molecule has 0 radical (unpaired) electrons. The number of rotatable bonds is 4. The first-order valence-corrected chi connectivity index (χ1v) is 19.9. The largest absolute Gasteiger partial charge is 0.507 e. The molecule has 294 valence electrons. The molecule has 0 fully saturated rings. The van der Waals surface area contributed by atoms with Crippen LogP contribution in [0.5, 0.6) is 5.75 Å². The van der Waals surface area contributed by atoms with Crippen molar-refractivity contribution in [2.75, 3.05) is 0 Å².